The summed E-state index contributed by atoms with van der Waals surface area (Å²) in [4.78, 5) is 0.406. The van der Waals surface area contributed by atoms with Gasteiger partial charge < -0.3 is 5.32 Å². The van der Waals surface area contributed by atoms with Crippen molar-refractivity contribution in [2.45, 2.75) is 37.2 Å². The van der Waals surface area contributed by atoms with Crippen LogP contribution in [0.3, 0.4) is 0 Å². The molecule has 1 aromatic rings. The lowest BCUT2D eigenvalue weighted by Crippen LogP contribution is -2.37. The van der Waals surface area contributed by atoms with Crippen LogP contribution in [0.1, 0.15) is 24.0 Å². The minimum Gasteiger partial charge on any atom is -0.316 e. The molecule has 0 aliphatic carbocycles. The van der Waals surface area contributed by atoms with E-state index in [9.17, 15) is 8.42 Å². The topological polar surface area (TPSA) is 58.2 Å². The summed E-state index contributed by atoms with van der Waals surface area (Å²) in [5.74, 6) is 2.07. The van der Waals surface area contributed by atoms with Gasteiger partial charge in [0, 0.05) is 12.6 Å². The summed E-state index contributed by atoms with van der Waals surface area (Å²) in [7, 11) is -1.57. The number of sulfonamides is 1. The summed E-state index contributed by atoms with van der Waals surface area (Å²) in [6, 6.07) is 5.68. The molecule has 112 valence electrons. The summed E-state index contributed by atoms with van der Waals surface area (Å²) < 4.78 is 27.9. The molecule has 1 aliphatic rings. The van der Waals surface area contributed by atoms with Gasteiger partial charge in [-0.15, -0.1) is 0 Å². The third-order valence-corrected chi connectivity index (χ3v) is 6.18. The van der Waals surface area contributed by atoms with E-state index in [1.54, 1.807) is 6.07 Å². The number of nitrogens with one attached hydrogen (secondary N) is 2. The van der Waals surface area contributed by atoms with Crippen molar-refractivity contribution in [3.8, 4) is 0 Å². The van der Waals surface area contributed by atoms with E-state index in [1.165, 1.54) is 0 Å². The summed E-state index contributed by atoms with van der Waals surface area (Å²) >= 11 is 1.89. The predicted octanol–water partition coefficient (Wildman–Crippen LogP) is 1.89. The Balaban J connectivity index is 2.21. The highest BCUT2D eigenvalue weighted by Crippen LogP contribution is 2.21. The Morgan fingerprint density at radius 3 is 2.65 bits per heavy atom. The van der Waals surface area contributed by atoms with Crippen molar-refractivity contribution in [3.05, 3.63) is 29.3 Å². The van der Waals surface area contributed by atoms with Crippen LogP contribution in [-0.2, 0) is 16.6 Å². The molecule has 1 saturated heterocycles. The molecule has 20 heavy (non-hydrogen) atoms. The first-order chi connectivity index (χ1) is 9.53. The monoisotopic (exact) mass is 314 g/mol. The zero-order valence-electron chi connectivity index (χ0n) is 12.0. The first-order valence-corrected chi connectivity index (χ1v) is 9.51. The third kappa shape index (κ3) is 3.97. The van der Waals surface area contributed by atoms with E-state index in [4.69, 9.17) is 0 Å². The molecule has 4 nitrogen and oxygen atoms in total. The maximum absolute atomic E-state index is 12.5. The molecule has 0 bridgehead atoms. The van der Waals surface area contributed by atoms with Gasteiger partial charge in [-0.1, -0.05) is 12.1 Å². The van der Waals surface area contributed by atoms with E-state index in [2.05, 4.69) is 10.0 Å². The number of hydrogen-bond donors (Lipinski definition) is 2. The van der Waals surface area contributed by atoms with Gasteiger partial charge in [0.15, 0.2) is 0 Å². The molecule has 1 aromatic carbocycles. The van der Waals surface area contributed by atoms with E-state index in [-0.39, 0.29) is 6.04 Å². The summed E-state index contributed by atoms with van der Waals surface area (Å²) in [6.07, 6.45) is 1.83. The third-order valence-electron chi connectivity index (χ3n) is 3.47. The second-order valence-corrected chi connectivity index (χ2v) is 8.05. The normalized spacial score (nSPS) is 17.3. The fourth-order valence-corrected chi connectivity index (χ4v) is 5.05. The Hall–Kier alpha value is -0.560. The van der Waals surface area contributed by atoms with Gasteiger partial charge in [-0.05, 0) is 55.5 Å². The SMILES string of the molecule is CNCc1ccc(C)c(S(=O)(=O)NC2CCSCC2)c1. The van der Waals surface area contributed by atoms with Crippen LogP contribution < -0.4 is 10.0 Å². The van der Waals surface area contributed by atoms with Crippen molar-refractivity contribution in [1.29, 1.82) is 0 Å². The smallest absolute Gasteiger partial charge is 0.241 e. The summed E-state index contributed by atoms with van der Waals surface area (Å²) in [5, 5.41) is 3.05. The lowest BCUT2D eigenvalue weighted by atomic mass is 10.1. The highest BCUT2D eigenvalue weighted by atomic mass is 32.2. The lowest BCUT2D eigenvalue weighted by Gasteiger charge is -2.23. The number of aryl methyl sites for hydroxylation is 1. The van der Waals surface area contributed by atoms with Gasteiger partial charge >= 0.3 is 0 Å². The van der Waals surface area contributed by atoms with Crippen molar-refractivity contribution in [1.82, 2.24) is 10.0 Å². The molecule has 1 aliphatic heterocycles. The van der Waals surface area contributed by atoms with Crippen molar-refractivity contribution < 1.29 is 8.42 Å². The molecule has 0 amide bonds. The lowest BCUT2D eigenvalue weighted by molar-refractivity contribution is 0.528. The first kappa shape index (κ1) is 15.8. The Morgan fingerprint density at radius 2 is 2.00 bits per heavy atom. The summed E-state index contributed by atoms with van der Waals surface area (Å²) in [6.45, 7) is 2.51. The standard InChI is InChI=1S/C14H22N2O2S2/c1-11-3-4-12(10-15-2)9-14(11)20(17,18)16-13-5-7-19-8-6-13/h3-4,9,13,15-16H,5-8,10H2,1-2H3. The molecule has 1 fully saturated rings. The zero-order chi connectivity index (χ0) is 14.6. The van der Waals surface area contributed by atoms with E-state index in [0.717, 1.165) is 35.5 Å². The van der Waals surface area contributed by atoms with Crippen molar-refractivity contribution in [2.75, 3.05) is 18.6 Å². The van der Waals surface area contributed by atoms with Gasteiger partial charge in [-0.2, -0.15) is 11.8 Å². The van der Waals surface area contributed by atoms with Crippen LogP contribution in [0.25, 0.3) is 0 Å². The van der Waals surface area contributed by atoms with Crippen molar-refractivity contribution in [2.24, 2.45) is 0 Å². The van der Waals surface area contributed by atoms with Gasteiger partial charge in [-0.25, -0.2) is 13.1 Å². The molecule has 6 heteroatoms. The van der Waals surface area contributed by atoms with E-state index < -0.39 is 10.0 Å². The highest BCUT2D eigenvalue weighted by Gasteiger charge is 2.23. The second kappa shape index (κ2) is 6.93. The second-order valence-electron chi connectivity index (χ2n) is 5.14. The minimum atomic E-state index is -3.42. The quantitative estimate of drug-likeness (QED) is 0.871. The fourth-order valence-electron chi connectivity index (χ4n) is 2.35. The molecule has 2 rings (SSSR count). The molecule has 0 unspecified atom stereocenters. The van der Waals surface area contributed by atoms with Gasteiger partial charge in [0.05, 0.1) is 4.90 Å². The van der Waals surface area contributed by atoms with Crippen molar-refractivity contribution in [3.63, 3.8) is 0 Å². The average Bonchev–Trinajstić information content (AvgIpc) is 2.42. The van der Waals surface area contributed by atoms with Crippen LogP contribution >= 0.6 is 11.8 Å². The van der Waals surface area contributed by atoms with Crippen LogP contribution in [0.5, 0.6) is 0 Å². The van der Waals surface area contributed by atoms with E-state index >= 15 is 0 Å². The van der Waals surface area contributed by atoms with Crippen molar-refractivity contribution >= 4 is 21.8 Å². The largest absolute Gasteiger partial charge is 0.316 e. The molecular formula is C14H22N2O2S2. The number of rotatable bonds is 5. The molecule has 0 aromatic heterocycles. The summed E-state index contributed by atoms with van der Waals surface area (Å²) in [5.41, 5.74) is 1.78. The van der Waals surface area contributed by atoms with Crippen LogP contribution in [0, 0.1) is 6.92 Å². The highest BCUT2D eigenvalue weighted by molar-refractivity contribution is 7.99. The molecule has 0 saturated carbocycles. The van der Waals surface area contributed by atoms with E-state index in [1.807, 2.05) is 37.9 Å². The molecule has 0 spiro atoms. The van der Waals surface area contributed by atoms with E-state index in [0.29, 0.717) is 11.4 Å². The van der Waals surface area contributed by atoms with Gasteiger partial charge in [0.1, 0.15) is 0 Å². The van der Waals surface area contributed by atoms with Crippen LogP contribution in [-0.4, -0.2) is 33.0 Å². The van der Waals surface area contributed by atoms with Gasteiger partial charge in [0.25, 0.3) is 0 Å². The number of benzene rings is 1. The fraction of sp³-hybridized carbons (Fsp3) is 0.571. The Morgan fingerprint density at radius 1 is 1.30 bits per heavy atom. The first-order valence-electron chi connectivity index (χ1n) is 6.87. The van der Waals surface area contributed by atoms with Gasteiger partial charge in [-0.3, -0.25) is 0 Å². The molecular weight excluding hydrogens is 292 g/mol. The number of thioether (sulfide) groups is 1. The minimum absolute atomic E-state index is 0.0774. The Labute approximate surface area is 125 Å². The molecule has 0 radical (unpaired) electrons. The molecule has 0 atom stereocenters. The maximum Gasteiger partial charge on any atom is 0.241 e. The van der Waals surface area contributed by atoms with Gasteiger partial charge in [0.2, 0.25) is 10.0 Å². The van der Waals surface area contributed by atoms with Crippen LogP contribution in [0.4, 0.5) is 0 Å². The molecule has 1 heterocycles. The average molecular weight is 314 g/mol. The predicted molar refractivity (Wildman–Crippen MR) is 84.6 cm³/mol. The number of hydrogen-bond acceptors (Lipinski definition) is 4. The van der Waals surface area contributed by atoms with Crippen LogP contribution in [0.15, 0.2) is 23.1 Å². The zero-order valence-corrected chi connectivity index (χ0v) is 13.6. The molecule has 2 N–H and O–H groups in total. The Kier molecular flexibility index (Phi) is 5.49. The maximum atomic E-state index is 12.5. The van der Waals surface area contributed by atoms with Crippen LogP contribution in [0.2, 0.25) is 0 Å². The Bertz CT molecular complexity index is 552.